The van der Waals surface area contributed by atoms with Crippen LogP contribution in [0.5, 0.6) is 11.5 Å². The molecule has 4 aromatic carbocycles. The molecule has 1 unspecified atom stereocenters. The van der Waals surface area contributed by atoms with Gasteiger partial charge in [0.25, 0.3) is 5.91 Å². The highest BCUT2D eigenvalue weighted by atomic mass is 16.5. The van der Waals surface area contributed by atoms with Crippen LogP contribution >= 0.6 is 0 Å². The number of imidazole rings is 1. The van der Waals surface area contributed by atoms with Crippen LogP contribution in [0.25, 0.3) is 11.0 Å². The Balaban J connectivity index is 1.52. The molecule has 2 heterocycles. The summed E-state index contributed by atoms with van der Waals surface area (Å²) in [6, 6.07) is 28.1. The number of anilines is 2. The van der Waals surface area contributed by atoms with Crippen molar-refractivity contribution in [1.29, 1.82) is 0 Å². The number of fused-ring (bicyclic) bond motifs is 2. The third-order valence-corrected chi connectivity index (χ3v) is 6.25. The Kier molecular flexibility index (Phi) is 5.13. The van der Waals surface area contributed by atoms with Gasteiger partial charge in [-0.3, -0.25) is 15.0 Å². The van der Waals surface area contributed by atoms with E-state index in [1.54, 1.807) is 78.9 Å². The number of nitrogens with one attached hydrogen (secondary N) is 2. The fourth-order valence-corrected chi connectivity index (χ4v) is 4.66. The van der Waals surface area contributed by atoms with Crippen LogP contribution in [-0.2, 0) is 5.72 Å². The molecular formula is C28H20N4O5. The molecule has 0 saturated heterocycles. The Morgan fingerprint density at radius 3 is 2.49 bits per heavy atom. The van der Waals surface area contributed by atoms with Crippen molar-refractivity contribution in [3.8, 4) is 11.5 Å². The lowest BCUT2D eigenvalue weighted by Gasteiger charge is -2.35. The van der Waals surface area contributed by atoms with Crippen LogP contribution in [0, 0.1) is 0 Å². The van der Waals surface area contributed by atoms with Crippen LogP contribution in [0.4, 0.5) is 16.4 Å². The number of carbonyl (C=O) groups is 2. The number of carboxylic acid groups (broad SMARTS) is 1. The number of aliphatic hydroxyl groups is 1. The van der Waals surface area contributed by atoms with E-state index in [4.69, 9.17) is 9.84 Å². The minimum Gasteiger partial charge on any atom is -0.465 e. The number of aromatic nitrogens is 2. The topological polar surface area (TPSA) is 128 Å². The van der Waals surface area contributed by atoms with Crippen LogP contribution in [0.1, 0.15) is 21.5 Å². The minimum absolute atomic E-state index is 0.0491. The van der Waals surface area contributed by atoms with Crippen molar-refractivity contribution < 1.29 is 24.5 Å². The van der Waals surface area contributed by atoms with Gasteiger partial charge < -0.3 is 19.9 Å². The fourth-order valence-electron chi connectivity index (χ4n) is 4.66. The number of rotatable bonds is 5. The highest BCUT2D eigenvalue weighted by Gasteiger charge is 2.51. The molecule has 4 N–H and O–H groups in total. The molecule has 0 fully saturated rings. The SMILES string of the molecule is O=C(O)Nc1nc2ccc(C3(O)c4ccccc4C(=O)N3c3ccccc3Oc3ccccc3)cc2[nH]1. The Bertz CT molecular complexity index is 1670. The summed E-state index contributed by atoms with van der Waals surface area (Å²) < 4.78 is 6.12. The van der Waals surface area contributed by atoms with Crippen LogP contribution in [0.3, 0.4) is 0 Å². The number of para-hydroxylation sites is 3. The van der Waals surface area contributed by atoms with Crippen molar-refractivity contribution in [1.82, 2.24) is 9.97 Å². The molecule has 1 aliphatic rings. The summed E-state index contributed by atoms with van der Waals surface area (Å²) in [5.41, 5.74) is 0.637. The Labute approximate surface area is 210 Å². The molecule has 0 aliphatic carbocycles. The van der Waals surface area contributed by atoms with Gasteiger partial charge in [-0.15, -0.1) is 0 Å². The molecular weight excluding hydrogens is 472 g/mol. The number of hydrogen-bond acceptors (Lipinski definition) is 5. The first-order valence-corrected chi connectivity index (χ1v) is 11.4. The monoisotopic (exact) mass is 492 g/mol. The molecule has 1 aliphatic heterocycles. The zero-order valence-electron chi connectivity index (χ0n) is 19.3. The number of nitrogens with zero attached hydrogens (tertiary/aromatic N) is 2. The number of H-pyrrole nitrogens is 1. The number of hydrogen-bond donors (Lipinski definition) is 4. The zero-order valence-corrected chi connectivity index (χ0v) is 19.3. The van der Waals surface area contributed by atoms with Gasteiger partial charge in [-0.1, -0.05) is 54.6 Å². The molecule has 0 spiro atoms. The van der Waals surface area contributed by atoms with Gasteiger partial charge in [0.1, 0.15) is 5.75 Å². The normalized spacial score (nSPS) is 16.6. The van der Waals surface area contributed by atoms with Crippen molar-refractivity contribution in [3.05, 3.63) is 114 Å². The number of benzene rings is 4. The molecule has 0 bridgehead atoms. The van der Waals surface area contributed by atoms with Crippen molar-refractivity contribution >= 4 is 34.7 Å². The summed E-state index contributed by atoms with van der Waals surface area (Å²) in [6.45, 7) is 0. The average Bonchev–Trinajstić information content (AvgIpc) is 3.40. The van der Waals surface area contributed by atoms with E-state index >= 15 is 0 Å². The van der Waals surface area contributed by atoms with E-state index in [2.05, 4.69) is 15.3 Å². The highest BCUT2D eigenvalue weighted by molar-refractivity contribution is 6.13. The van der Waals surface area contributed by atoms with Crippen molar-refractivity contribution in [2.24, 2.45) is 0 Å². The smallest absolute Gasteiger partial charge is 0.411 e. The highest BCUT2D eigenvalue weighted by Crippen LogP contribution is 2.48. The molecule has 9 nitrogen and oxygen atoms in total. The molecule has 9 heteroatoms. The molecule has 1 atom stereocenters. The summed E-state index contributed by atoms with van der Waals surface area (Å²) in [5.74, 6) is 0.636. The van der Waals surface area contributed by atoms with E-state index in [-0.39, 0.29) is 11.9 Å². The number of aromatic amines is 1. The molecule has 2 amide bonds. The second-order valence-corrected chi connectivity index (χ2v) is 8.49. The maximum atomic E-state index is 13.8. The van der Waals surface area contributed by atoms with Gasteiger partial charge in [-0.2, -0.15) is 0 Å². The number of ether oxygens (including phenoxy) is 1. The lowest BCUT2D eigenvalue weighted by atomic mass is 9.93. The Hall–Kier alpha value is -5.15. The molecule has 5 aromatic rings. The summed E-state index contributed by atoms with van der Waals surface area (Å²) in [4.78, 5) is 33.3. The van der Waals surface area contributed by atoms with E-state index < -0.39 is 11.8 Å². The number of amides is 2. The van der Waals surface area contributed by atoms with Crippen LogP contribution in [0.2, 0.25) is 0 Å². The fraction of sp³-hybridized carbons (Fsp3) is 0.0357. The van der Waals surface area contributed by atoms with Gasteiger partial charge >= 0.3 is 6.09 Å². The average molecular weight is 492 g/mol. The number of carbonyl (C=O) groups excluding carboxylic acids is 1. The third kappa shape index (κ3) is 3.65. The first kappa shape index (κ1) is 22.3. The standard InChI is InChI=1S/C28H20N4O5/c33-25-19-10-4-5-11-20(19)28(36,17-14-15-21-22(16-17)30-26(29-21)31-27(34)35)32(25)23-12-6-7-13-24(23)37-18-8-2-1-3-9-18/h1-16,36H,(H,34,35)(H2,29,30,31). The van der Waals surface area contributed by atoms with E-state index in [1.165, 1.54) is 4.90 Å². The molecule has 0 saturated carbocycles. The van der Waals surface area contributed by atoms with E-state index in [0.717, 1.165) is 0 Å². The van der Waals surface area contributed by atoms with Crippen molar-refractivity contribution in [3.63, 3.8) is 0 Å². The molecule has 6 rings (SSSR count). The molecule has 37 heavy (non-hydrogen) atoms. The van der Waals surface area contributed by atoms with Gasteiger partial charge in [-0.05, 0) is 42.5 Å². The van der Waals surface area contributed by atoms with Gasteiger partial charge in [0.15, 0.2) is 11.5 Å². The van der Waals surface area contributed by atoms with Crippen LogP contribution < -0.4 is 15.0 Å². The van der Waals surface area contributed by atoms with E-state index in [1.807, 2.05) is 18.2 Å². The summed E-state index contributed by atoms with van der Waals surface area (Å²) in [7, 11) is 0. The van der Waals surface area contributed by atoms with Crippen molar-refractivity contribution in [2.45, 2.75) is 5.72 Å². The van der Waals surface area contributed by atoms with Gasteiger partial charge in [0.2, 0.25) is 5.95 Å². The maximum absolute atomic E-state index is 13.8. The molecule has 1 aromatic heterocycles. The third-order valence-electron chi connectivity index (χ3n) is 6.25. The first-order chi connectivity index (χ1) is 17.9. The summed E-state index contributed by atoms with van der Waals surface area (Å²) in [6.07, 6.45) is -1.26. The largest absolute Gasteiger partial charge is 0.465 e. The Morgan fingerprint density at radius 2 is 1.68 bits per heavy atom. The van der Waals surface area contributed by atoms with Gasteiger partial charge in [-0.25, -0.2) is 9.78 Å². The second-order valence-electron chi connectivity index (χ2n) is 8.49. The van der Waals surface area contributed by atoms with Crippen molar-refractivity contribution in [2.75, 3.05) is 10.2 Å². The minimum atomic E-state index is -1.89. The summed E-state index contributed by atoms with van der Waals surface area (Å²) >= 11 is 0. The lowest BCUT2D eigenvalue weighted by Crippen LogP contribution is -2.45. The quantitative estimate of drug-likeness (QED) is 0.264. The maximum Gasteiger partial charge on any atom is 0.411 e. The zero-order chi connectivity index (χ0) is 25.6. The van der Waals surface area contributed by atoms with Crippen LogP contribution in [-0.4, -0.2) is 32.2 Å². The molecule has 0 radical (unpaired) electrons. The van der Waals surface area contributed by atoms with Gasteiger partial charge in [0.05, 0.1) is 16.7 Å². The summed E-state index contributed by atoms with van der Waals surface area (Å²) in [5, 5.41) is 23.6. The second kappa shape index (κ2) is 8.51. The first-order valence-electron chi connectivity index (χ1n) is 11.4. The van der Waals surface area contributed by atoms with Gasteiger partial charge in [0, 0.05) is 16.7 Å². The van der Waals surface area contributed by atoms with E-state index in [9.17, 15) is 14.7 Å². The predicted octanol–water partition coefficient (Wildman–Crippen LogP) is 5.30. The predicted molar refractivity (Wildman–Crippen MR) is 137 cm³/mol. The van der Waals surface area contributed by atoms with Crippen LogP contribution in [0.15, 0.2) is 97.1 Å². The molecule has 182 valence electrons. The Morgan fingerprint density at radius 1 is 0.946 bits per heavy atom. The lowest BCUT2D eigenvalue weighted by molar-refractivity contribution is 0.0701. The van der Waals surface area contributed by atoms with E-state index in [0.29, 0.717) is 44.9 Å².